The van der Waals surface area contributed by atoms with Gasteiger partial charge in [0.05, 0.1) is 12.2 Å². The summed E-state index contributed by atoms with van der Waals surface area (Å²) in [7, 11) is 0. The Hall–Kier alpha value is -0.610. The smallest absolute Gasteiger partial charge is 0.129 e. The van der Waals surface area contributed by atoms with Gasteiger partial charge in [0.15, 0.2) is 0 Å². The average Bonchev–Trinajstić information content (AvgIpc) is 2.35. The van der Waals surface area contributed by atoms with E-state index in [-0.39, 0.29) is 0 Å². The first-order valence-electron chi connectivity index (χ1n) is 6.37. The molecule has 0 spiro atoms. The molecular formula is C14H20BrNOS. The third kappa shape index (κ3) is 5.36. The van der Waals surface area contributed by atoms with Crippen LogP contribution < -0.4 is 10.5 Å². The second-order valence-corrected chi connectivity index (χ2v) is 5.62. The van der Waals surface area contributed by atoms with E-state index in [2.05, 4.69) is 22.9 Å². The molecule has 0 fully saturated rings. The fourth-order valence-electron chi connectivity index (χ4n) is 1.71. The van der Waals surface area contributed by atoms with Crippen molar-refractivity contribution < 1.29 is 4.74 Å². The summed E-state index contributed by atoms with van der Waals surface area (Å²) in [4.78, 5) is 0.372. The second kappa shape index (κ2) is 8.48. The minimum absolute atomic E-state index is 0.372. The monoisotopic (exact) mass is 329 g/mol. The summed E-state index contributed by atoms with van der Waals surface area (Å²) >= 11 is 8.43. The molecule has 0 heterocycles. The number of hydrogen-bond donors (Lipinski definition) is 1. The SMILES string of the molecule is CCCCCCCOc1ccc(Br)cc1C(N)=S. The van der Waals surface area contributed by atoms with Crippen molar-refractivity contribution in [2.24, 2.45) is 5.73 Å². The summed E-state index contributed by atoms with van der Waals surface area (Å²) in [5, 5.41) is 0. The molecule has 0 amide bonds. The summed E-state index contributed by atoms with van der Waals surface area (Å²) in [5.74, 6) is 0.779. The van der Waals surface area contributed by atoms with Crippen molar-refractivity contribution >= 4 is 33.1 Å². The van der Waals surface area contributed by atoms with Crippen molar-refractivity contribution in [2.75, 3.05) is 6.61 Å². The maximum atomic E-state index is 5.75. The van der Waals surface area contributed by atoms with Gasteiger partial charge < -0.3 is 10.5 Å². The van der Waals surface area contributed by atoms with Gasteiger partial charge in [-0.3, -0.25) is 0 Å². The Morgan fingerprint density at radius 1 is 1.28 bits per heavy atom. The number of nitrogens with two attached hydrogens (primary N) is 1. The minimum atomic E-state index is 0.372. The van der Waals surface area contributed by atoms with Gasteiger partial charge in [-0.1, -0.05) is 60.8 Å². The van der Waals surface area contributed by atoms with Crippen molar-refractivity contribution in [2.45, 2.75) is 39.0 Å². The van der Waals surface area contributed by atoms with E-state index in [1.54, 1.807) is 0 Å². The van der Waals surface area contributed by atoms with E-state index in [1.807, 2.05) is 18.2 Å². The van der Waals surface area contributed by atoms with E-state index < -0.39 is 0 Å². The van der Waals surface area contributed by atoms with Crippen molar-refractivity contribution in [3.05, 3.63) is 28.2 Å². The van der Waals surface area contributed by atoms with Crippen LogP contribution in [0.5, 0.6) is 5.75 Å². The van der Waals surface area contributed by atoms with E-state index in [0.717, 1.165) is 28.8 Å². The maximum absolute atomic E-state index is 5.75. The standard InChI is InChI=1S/C14H20BrNOS/c1-2-3-4-5-6-9-17-13-8-7-11(15)10-12(13)14(16)18/h7-8,10H,2-6,9H2,1H3,(H2,16,18). The summed E-state index contributed by atoms with van der Waals surface area (Å²) in [6.45, 7) is 2.94. The quantitative estimate of drug-likeness (QED) is 0.566. The van der Waals surface area contributed by atoms with Crippen LogP contribution in [0.2, 0.25) is 0 Å². The Labute approximate surface area is 123 Å². The van der Waals surface area contributed by atoms with E-state index in [0.29, 0.717) is 4.99 Å². The molecule has 4 heteroatoms. The number of halogens is 1. The lowest BCUT2D eigenvalue weighted by atomic mass is 10.1. The molecular weight excluding hydrogens is 310 g/mol. The zero-order valence-corrected chi connectivity index (χ0v) is 13.1. The lowest BCUT2D eigenvalue weighted by Gasteiger charge is -2.11. The first-order valence-corrected chi connectivity index (χ1v) is 7.57. The lowest BCUT2D eigenvalue weighted by molar-refractivity contribution is 0.304. The number of unbranched alkanes of at least 4 members (excludes halogenated alkanes) is 4. The van der Waals surface area contributed by atoms with Crippen LogP contribution in [0.25, 0.3) is 0 Å². The zero-order chi connectivity index (χ0) is 13.4. The molecule has 2 nitrogen and oxygen atoms in total. The molecule has 0 aromatic heterocycles. The van der Waals surface area contributed by atoms with E-state index >= 15 is 0 Å². The van der Waals surface area contributed by atoms with E-state index in [1.165, 1.54) is 25.7 Å². The van der Waals surface area contributed by atoms with Gasteiger partial charge in [-0.05, 0) is 24.6 Å². The van der Waals surface area contributed by atoms with Crippen LogP contribution in [0, 0.1) is 0 Å². The van der Waals surface area contributed by atoms with Gasteiger partial charge in [0.2, 0.25) is 0 Å². The van der Waals surface area contributed by atoms with Gasteiger partial charge in [0.1, 0.15) is 10.7 Å². The zero-order valence-electron chi connectivity index (χ0n) is 10.7. The summed E-state index contributed by atoms with van der Waals surface area (Å²) in [5.41, 5.74) is 6.48. The number of rotatable bonds is 8. The molecule has 0 aliphatic carbocycles. The third-order valence-electron chi connectivity index (χ3n) is 2.71. The highest BCUT2D eigenvalue weighted by Crippen LogP contribution is 2.23. The van der Waals surface area contributed by atoms with Gasteiger partial charge >= 0.3 is 0 Å². The highest BCUT2D eigenvalue weighted by molar-refractivity contribution is 9.10. The molecule has 1 aromatic carbocycles. The van der Waals surface area contributed by atoms with Gasteiger partial charge in [0.25, 0.3) is 0 Å². The van der Waals surface area contributed by atoms with Crippen LogP contribution in [0.4, 0.5) is 0 Å². The number of benzene rings is 1. The van der Waals surface area contributed by atoms with Crippen molar-refractivity contribution in [3.63, 3.8) is 0 Å². The molecule has 2 N–H and O–H groups in total. The van der Waals surface area contributed by atoms with Crippen LogP contribution >= 0.6 is 28.1 Å². The van der Waals surface area contributed by atoms with Crippen molar-refractivity contribution in [1.29, 1.82) is 0 Å². The van der Waals surface area contributed by atoms with Crippen LogP contribution in [-0.2, 0) is 0 Å². The van der Waals surface area contributed by atoms with Gasteiger partial charge in [-0.25, -0.2) is 0 Å². The molecule has 0 saturated heterocycles. The van der Waals surface area contributed by atoms with Crippen LogP contribution in [-0.4, -0.2) is 11.6 Å². The maximum Gasteiger partial charge on any atom is 0.129 e. The summed E-state index contributed by atoms with van der Waals surface area (Å²) in [6, 6.07) is 5.74. The first-order chi connectivity index (χ1) is 8.65. The fourth-order valence-corrected chi connectivity index (χ4v) is 2.23. The van der Waals surface area contributed by atoms with Crippen molar-refractivity contribution in [3.8, 4) is 5.75 Å². The molecule has 0 atom stereocenters. The molecule has 0 unspecified atom stereocenters. The molecule has 0 bridgehead atoms. The number of thiocarbonyl (C=S) groups is 1. The highest BCUT2D eigenvalue weighted by atomic mass is 79.9. The Morgan fingerprint density at radius 3 is 2.67 bits per heavy atom. The minimum Gasteiger partial charge on any atom is -0.493 e. The topological polar surface area (TPSA) is 35.2 Å². The summed E-state index contributed by atoms with van der Waals surface area (Å²) < 4.78 is 6.70. The molecule has 100 valence electrons. The Kier molecular flexibility index (Phi) is 7.28. The van der Waals surface area contributed by atoms with Crippen LogP contribution in [0.15, 0.2) is 22.7 Å². The average molecular weight is 330 g/mol. The fraction of sp³-hybridized carbons (Fsp3) is 0.500. The molecule has 0 aliphatic rings. The third-order valence-corrected chi connectivity index (χ3v) is 3.43. The van der Waals surface area contributed by atoms with E-state index in [4.69, 9.17) is 22.7 Å². The Morgan fingerprint density at radius 2 is 2.00 bits per heavy atom. The molecule has 0 radical (unpaired) electrons. The first kappa shape index (κ1) is 15.4. The van der Waals surface area contributed by atoms with Gasteiger partial charge in [0, 0.05) is 4.47 Å². The summed E-state index contributed by atoms with van der Waals surface area (Å²) in [6.07, 6.45) is 6.14. The van der Waals surface area contributed by atoms with Gasteiger partial charge in [-0.15, -0.1) is 0 Å². The molecule has 1 aromatic rings. The second-order valence-electron chi connectivity index (χ2n) is 4.27. The molecule has 18 heavy (non-hydrogen) atoms. The predicted octanol–water partition coefficient (Wildman–Crippen LogP) is 4.43. The van der Waals surface area contributed by atoms with E-state index in [9.17, 15) is 0 Å². The molecule has 0 aliphatic heterocycles. The molecule has 1 rings (SSSR count). The Balaban J connectivity index is 2.44. The Bertz CT molecular complexity index is 395. The van der Waals surface area contributed by atoms with Crippen LogP contribution in [0.3, 0.4) is 0 Å². The molecule has 0 saturated carbocycles. The largest absolute Gasteiger partial charge is 0.493 e. The van der Waals surface area contributed by atoms with Gasteiger partial charge in [-0.2, -0.15) is 0 Å². The predicted molar refractivity (Wildman–Crippen MR) is 84.3 cm³/mol. The number of ether oxygens (including phenoxy) is 1. The highest BCUT2D eigenvalue weighted by Gasteiger charge is 2.07. The number of hydrogen-bond acceptors (Lipinski definition) is 2. The van der Waals surface area contributed by atoms with Crippen LogP contribution in [0.1, 0.15) is 44.6 Å². The normalized spacial score (nSPS) is 10.3. The lowest BCUT2D eigenvalue weighted by Crippen LogP contribution is -2.12. The van der Waals surface area contributed by atoms with Crippen molar-refractivity contribution in [1.82, 2.24) is 0 Å².